The van der Waals surface area contributed by atoms with Crippen LogP contribution in [-0.4, -0.2) is 23.6 Å². The van der Waals surface area contributed by atoms with Crippen LogP contribution in [-0.2, 0) is 15.6 Å². The van der Waals surface area contributed by atoms with Crippen LogP contribution in [0.5, 0.6) is 5.75 Å². The summed E-state index contributed by atoms with van der Waals surface area (Å²) in [5.74, 6) is -4.65. The van der Waals surface area contributed by atoms with E-state index in [0.717, 1.165) is 36.1 Å². The molecule has 0 aliphatic heterocycles. The molecular weight excluding hydrogens is 440 g/mol. The fourth-order valence-corrected chi connectivity index (χ4v) is 4.59. The number of rotatable bonds is 4. The second-order valence-electron chi connectivity index (χ2n) is 9.27. The first-order chi connectivity index (χ1) is 14.8. The van der Waals surface area contributed by atoms with Crippen molar-refractivity contribution < 1.29 is 28.2 Å². The van der Waals surface area contributed by atoms with Gasteiger partial charge in [0.15, 0.2) is 0 Å². The fourth-order valence-electron chi connectivity index (χ4n) is 4.13. The topological polar surface area (TPSA) is 75.6 Å². The van der Waals surface area contributed by atoms with Crippen molar-refractivity contribution in [1.82, 2.24) is 0 Å². The van der Waals surface area contributed by atoms with Crippen molar-refractivity contribution in [2.45, 2.75) is 58.3 Å². The highest BCUT2D eigenvalue weighted by molar-refractivity contribution is 6.34. The number of hydrogen-bond donors (Lipinski definition) is 2. The van der Waals surface area contributed by atoms with E-state index in [-0.39, 0.29) is 33.7 Å². The van der Waals surface area contributed by atoms with Gasteiger partial charge in [-0.3, -0.25) is 4.79 Å². The van der Waals surface area contributed by atoms with Crippen molar-refractivity contribution >= 4 is 29.2 Å². The zero-order valence-electron chi connectivity index (χ0n) is 18.7. The summed E-state index contributed by atoms with van der Waals surface area (Å²) in [5.41, 5.74) is -0.0911. The van der Waals surface area contributed by atoms with Crippen molar-refractivity contribution in [2.75, 3.05) is 11.9 Å². The zero-order chi connectivity index (χ0) is 24.0. The number of hydrogen-bond acceptors (Lipinski definition) is 4. The second-order valence-corrected chi connectivity index (χ2v) is 9.64. The van der Waals surface area contributed by atoms with Crippen molar-refractivity contribution in [3.8, 4) is 5.75 Å². The maximum Gasteiger partial charge on any atom is 0.344 e. The lowest BCUT2D eigenvalue weighted by Gasteiger charge is -2.42. The van der Waals surface area contributed by atoms with Gasteiger partial charge < -0.3 is 15.2 Å². The van der Waals surface area contributed by atoms with Crippen LogP contribution in [0.1, 0.15) is 79.3 Å². The number of benzene rings is 2. The molecule has 0 spiro atoms. The lowest BCUT2D eigenvalue weighted by atomic mass is 9.63. The molecule has 32 heavy (non-hydrogen) atoms. The lowest BCUT2D eigenvalue weighted by Crippen LogP contribution is -2.34. The second kappa shape index (κ2) is 8.35. The standard InChI is InChI=1S/C24H26ClF2NO4/c1-6-32-22(31)17-15(26)9-12(10-16(17)27)28-21(30)13-11-14-18(19(25)20(13)29)24(4,5)8-7-23(14,2)3/h9-11,29H,6-8H2,1-5H3,(H,28,30). The first-order valence-corrected chi connectivity index (χ1v) is 10.7. The first kappa shape index (κ1) is 24.0. The Morgan fingerprint density at radius 3 is 2.22 bits per heavy atom. The molecule has 172 valence electrons. The van der Waals surface area contributed by atoms with Crippen molar-refractivity contribution in [2.24, 2.45) is 0 Å². The van der Waals surface area contributed by atoms with Gasteiger partial charge in [-0.2, -0.15) is 0 Å². The third kappa shape index (κ3) is 4.18. The van der Waals surface area contributed by atoms with E-state index < -0.39 is 34.8 Å². The average Bonchev–Trinajstić information content (AvgIpc) is 2.67. The molecule has 2 aromatic carbocycles. The van der Waals surface area contributed by atoms with E-state index in [4.69, 9.17) is 11.6 Å². The molecule has 2 N–H and O–H groups in total. The Labute approximate surface area is 190 Å². The summed E-state index contributed by atoms with van der Waals surface area (Å²) in [6.45, 7) is 9.61. The third-order valence-electron chi connectivity index (χ3n) is 6.05. The Kier molecular flexibility index (Phi) is 6.26. The van der Waals surface area contributed by atoms with Crippen molar-refractivity contribution in [3.05, 3.63) is 57.1 Å². The number of carbonyl (C=O) groups is 2. The molecule has 3 rings (SSSR count). The number of nitrogens with one attached hydrogen (secondary N) is 1. The third-order valence-corrected chi connectivity index (χ3v) is 6.41. The van der Waals surface area contributed by atoms with Crippen LogP contribution in [0.4, 0.5) is 14.5 Å². The molecule has 1 amide bonds. The van der Waals surface area contributed by atoms with E-state index in [0.29, 0.717) is 0 Å². The van der Waals surface area contributed by atoms with Crippen LogP contribution in [0.15, 0.2) is 18.2 Å². The fraction of sp³-hybridized carbons (Fsp3) is 0.417. The van der Waals surface area contributed by atoms with Gasteiger partial charge in [-0.05, 0) is 59.9 Å². The van der Waals surface area contributed by atoms with E-state index in [1.807, 2.05) is 27.7 Å². The van der Waals surface area contributed by atoms with Crippen molar-refractivity contribution in [3.63, 3.8) is 0 Å². The number of amides is 1. The van der Waals surface area contributed by atoms with Gasteiger partial charge >= 0.3 is 5.97 Å². The SMILES string of the molecule is CCOC(=O)c1c(F)cc(NC(=O)c2cc3c(c(Cl)c2O)C(C)(C)CCC3(C)C)cc1F. The average molecular weight is 466 g/mol. The summed E-state index contributed by atoms with van der Waals surface area (Å²) in [6, 6.07) is 3.22. The summed E-state index contributed by atoms with van der Waals surface area (Å²) < 4.78 is 33.3. The highest BCUT2D eigenvalue weighted by Gasteiger charge is 2.40. The summed E-state index contributed by atoms with van der Waals surface area (Å²) in [6.07, 6.45) is 1.73. The number of phenols is 1. The molecule has 0 bridgehead atoms. The molecule has 0 saturated carbocycles. The van der Waals surface area contributed by atoms with Gasteiger partial charge in [0.05, 0.1) is 17.2 Å². The van der Waals surface area contributed by atoms with Gasteiger partial charge in [0.1, 0.15) is 22.9 Å². The number of anilines is 1. The van der Waals surface area contributed by atoms with Gasteiger partial charge in [-0.15, -0.1) is 0 Å². The van der Waals surface area contributed by atoms with E-state index in [9.17, 15) is 23.5 Å². The molecule has 1 aliphatic carbocycles. The van der Waals surface area contributed by atoms with Gasteiger partial charge in [0.25, 0.3) is 5.91 Å². The Morgan fingerprint density at radius 2 is 1.66 bits per heavy atom. The smallest absolute Gasteiger partial charge is 0.344 e. The number of phenolic OH excluding ortho intramolecular Hbond substituents is 1. The highest BCUT2D eigenvalue weighted by atomic mass is 35.5. The molecular formula is C24H26ClF2NO4. The zero-order valence-corrected chi connectivity index (χ0v) is 19.4. The maximum atomic E-state index is 14.3. The van der Waals surface area contributed by atoms with Crippen molar-refractivity contribution in [1.29, 1.82) is 0 Å². The van der Waals surface area contributed by atoms with Crippen LogP contribution >= 0.6 is 11.6 Å². The Hall–Kier alpha value is -2.67. The molecule has 0 unspecified atom stereocenters. The highest BCUT2D eigenvalue weighted by Crippen LogP contribution is 2.51. The largest absolute Gasteiger partial charge is 0.506 e. The quantitative estimate of drug-likeness (QED) is 0.535. The first-order valence-electron chi connectivity index (χ1n) is 10.3. The Bertz CT molecular complexity index is 1090. The van der Waals surface area contributed by atoms with Gasteiger partial charge in [0.2, 0.25) is 0 Å². The van der Waals surface area contributed by atoms with E-state index in [1.54, 1.807) is 6.07 Å². The molecule has 2 aromatic rings. The van der Waals surface area contributed by atoms with Crippen LogP contribution in [0, 0.1) is 11.6 Å². The number of halogens is 3. The molecule has 8 heteroatoms. The summed E-state index contributed by atoms with van der Waals surface area (Å²) in [5, 5.41) is 13.2. The van der Waals surface area contributed by atoms with Gasteiger partial charge in [-0.1, -0.05) is 39.3 Å². The summed E-state index contributed by atoms with van der Waals surface area (Å²) in [7, 11) is 0. The number of ether oxygens (including phenoxy) is 1. The number of carbonyl (C=O) groups excluding carboxylic acids is 2. The predicted molar refractivity (Wildman–Crippen MR) is 119 cm³/mol. The molecule has 0 saturated heterocycles. The molecule has 0 fully saturated rings. The van der Waals surface area contributed by atoms with E-state index >= 15 is 0 Å². The van der Waals surface area contributed by atoms with Gasteiger partial charge in [0, 0.05) is 5.69 Å². The maximum absolute atomic E-state index is 14.3. The summed E-state index contributed by atoms with van der Waals surface area (Å²) >= 11 is 6.51. The minimum Gasteiger partial charge on any atom is -0.506 e. The van der Waals surface area contributed by atoms with Crippen LogP contribution in [0.25, 0.3) is 0 Å². The molecule has 0 atom stereocenters. The van der Waals surface area contributed by atoms with Crippen LogP contribution < -0.4 is 5.32 Å². The minimum absolute atomic E-state index is 0.0400. The minimum atomic E-state index is -1.17. The molecule has 0 aromatic heterocycles. The molecule has 1 aliphatic rings. The predicted octanol–water partition coefficient (Wildman–Crippen LogP) is 6.10. The lowest BCUT2D eigenvalue weighted by molar-refractivity contribution is 0.0515. The van der Waals surface area contributed by atoms with Crippen LogP contribution in [0.3, 0.4) is 0 Å². The molecule has 0 radical (unpaired) electrons. The monoisotopic (exact) mass is 465 g/mol. The van der Waals surface area contributed by atoms with E-state index in [2.05, 4.69) is 10.1 Å². The van der Waals surface area contributed by atoms with Gasteiger partial charge in [-0.25, -0.2) is 13.6 Å². The molecule has 5 nitrogen and oxygen atoms in total. The Morgan fingerprint density at radius 1 is 1.09 bits per heavy atom. The number of fused-ring (bicyclic) bond motifs is 1. The summed E-state index contributed by atoms with van der Waals surface area (Å²) in [4.78, 5) is 24.7. The van der Waals surface area contributed by atoms with E-state index in [1.165, 1.54) is 6.92 Å². The Balaban J connectivity index is 2.01. The molecule has 0 heterocycles. The number of esters is 1. The van der Waals surface area contributed by atoms with Crippen LogP contribution in [0.2, 0.25) is 5.02 Å². The normalized spacial score (nSPS) is 16.2. The number of aromatic hydroxyl groups is 1.